The van der Waals surface area contributed by atoms with Crippen molar-refractivity contribution in [3.63, 3.8) is 0 Å². The van der Waals surface area contributed by atoms with Gasteiger partial charge in [0.2, 0.25) is 5.91 Å². The molecule has 1 saturated heterocycles. The number of rotatable bonds is 1. The Kier molecular flexibility index (Phi) is 1.95. The minimum atomic E-state index is -0.367. The molecular formula is C11H14N2O. The molecule has 1 aliphatic heterocycles. The number of carbonyl (C=O) groups is 1. The smallest absolute Gasteiger partial charge is 0.230 e. The lowest BCUT2D eigenvalue weighted by Crippen LogP contribution is -2.32. The Morgan fingerprint density at radius 2 is 2.00 bits per heavy atom. The van der Waals surface area contributed by atoms with Gasteiger partial charge in [0.25, 0.3) is 0 Å². The number of benzene rings is 1. The summed E-state index contributed by atoms with van der Waals surface area (Å²) in [7, 11) is 0. The van der Waals surface area contributed by atoms with E-state index in [0.29, 0.717) is 0 Å². The molecule has 74 valence electrons. The van der Waals surface area contributed by atoms with Crippen LogP contribution in [0.5, 0.6) is 0 Å². The zero-order valence-electron chi connectivity index (χ0n) is 8.21. The second kappa shape index (κ2) is 3.01. The Morgan fingerprint density at radius 3 is 2.50 bits per heavy atom. The summed E-state index contributed by atoms with van der Waals surface area (Å²) in [5, 5.41) is 2.85. The van der Waals surface area contributed by atoms with Crippen LogP contribution in [0.4, 0.5) is 5.69 Å². The van der Waals surface area contributed by atoms with Crippen molar-refractivity contribution in [2.24, 2.45) is 0 Å². The van der Waals surface area contributed by atoms with Crippen molar-refractivity contribution in [2.75, 3.05) is 12.3 Å². The molecular weight excluding hydrogens is 176 g/mol. The Balaban J connectivity index is 2.38. The first-order chi connectivity index (χ1) is 6.63. The van der Waals surface area contributed by atoms with Crippen LogP contribution < -0.4 is 11.1 Å². The summed E-state index contributed by atoms with van der Waals surface area (Å²) in [6, 6.07) is 7.54. The third-order valence-corrected chi connectivity index (χ3v) is 2.96. The minimum Gasteiger partial charge on any atom is -0.399 e. The number of carbonyl (C=O) groups excluding carboxylic acids is 1. The highest BCUT2D eigenvalue weighted by atomic mass is 16.2. The van der Waals surface area contributed by atoms with Crippen LogP contribution in [0.15, 0.2) is 24.3 Å². The van der Waals surface area contributed by atoms with Crippen LogP contribution in [0.3, 0.4) is 0 Å². The highest BCUT2D eigenvalue weighted by Crippen LogP contribution is 2.31. The Morgan fingerprint density at radius 1 is 1.36 bits per heavy atom. The Labute approximate surface area is 83.3 Å². The maximum Gasteiger partial charge on any atom is 0.230 e. The lowest BCUT2D eigenvalue weighted by Gasteiger charge is -2.20. The van der Waals surface area contributed by atoms with Gasteiger partial charge in [-0.25, -0.2) is 0 Å². The summed E-state index contributed by atoms with van der Waals surface area (Å²) in [5.41, 5.74) is 7.01. The third-order valence-electron chi connectivity index (χ3n) is 2.96. The molecule has 14 heavy (non-hydrogen) atoms. The van der Waals surface area contributed by atoms with Crippen molar-refractivity contribution >= 4 is 11.6 Å². The molecule has 1 aromatic rings. The molecule has 3 nitrogen and oxygen atoms in total. The summed E-state index contributed by atoms with van der Waals surface area (Å²) in [6.07, 6.45) is 0.857. The Hall–Kier alpha value is -1.51. The highest BCUT2D eigenvalue weighted by molar-refractivity contribution is 5.89. The number of amides is 1. The lowest BCUT2D eigenvalue weighted by atomic mass is 9.81. The fourth-order valence-corrected chi connectivity index (χ4v) is 1.86. The molecule has 0 radical (unpaired) electrons. The van der Waals surface area contributed by atoms with Gasteiger partial charge < -0.3 is 11.1 Å². The van der Waals surface area contributed by atoms with E-state index in [1.54, 1.807) is 0 Å². The molecule has 1 atom stereocenters. The number of nitrogens with one attached hydrogen (secondary N) is 1. The highest BCUT2D eigenvalue weighted by Gasteiger charge is 2.38. The number of anilines is 1. The van der Waals surface area contributed by atoms with Gasteiger partial charge in [-0.15, -0.1) is 0 Å². The zero-order chi connectivity index (χ0) is 10.2. The van der Waals surface area contributed by atoms with E-state index in [-0.39, 0.29) is 11.3 Å². The number of hydrogen-bond donors (Lipinski definition) is 2. The van der Waals surface area contributed by atoms with Gasteiger partial charge in [0.1, 0.15) is 0 Å². The quantitative estimate of drug-likeness (QED) is 0.650. The molecule has 1 amide bonds. The molecule has 1 fully saturated rings. The van der Waals surface area contributed by atoms with E-state index in [9.17, 15) is 4.79 Å². The second-order valence-corrected chi connectivity index (χ2v) is 3.96. The molecule has 0 bridgehead atoms. The number of nitrogens with two attached hydrogens (primary N) is 1. The molecule has 0 aromatic heterocycles. The average Bonchev–Trinajstić information content (AvgIpc) is 2.49. The van der Waals surface area contributed by atoms with Crippen molar-refractivity contribution in [1.29, 1.82) is 0 Å². The van der Waals surface area contributed by atoms with Crippen LogP contribution in [0, 0.1) is 0 Å². The molecule has 1 unspecified atom stereocenters. The average molecular weight is 190 g/mol. The van der Waals surface area contributed by atoms with E-state index >= 15 is 0 Å². The normalized spacial score (nSPS) is 26.2. The summed E-state index contributed by atoms with van der Waals surface area (Å²) in [4.78, 5) is 11.6. The first-order valence-corrected chi connectivity index (χ1v) is 4.77. The lowest BCUT2D eigenvalue weighted by molar-refractivity contribution is -0.123. The van der Waals surface area contributed by atoms with Crippen molar-refractivity contribution in [2.45, 2.75) is 18.8 Å². The van der Waals surface area contributed by atoms with Gasteiger partial charge in [0.15, 0.2) is 0 Å². The fourth-order valence-electron chi connectivity index (χ4n) is 1.86. The van der Waals surface area contributed by atoms with Crippen molar-refractivity contribution in [1.82, 2.24) is 5.32 Å². The molecule has 0 aliphatic carbocycles. The predicted molar refractivity (Wildman–Crippen MR) is 55.8 cm³/mol. The minimum absolute atomic E-state index is 0.113. The third kappa shape index (κ3) is 1.25. The Bertz CT molecular complexity index is 358. The van der Waals surface area contributed by atoms with Gasteiger partial charge in [-0.1, -0.05) is 12.1 Å². The maximum atomic E-state index is 11.6. The van der Waals surface area contributed by atoms with Crippen molar-refractivity contribution in [3.05, 3.63) is 29.8 Å². The predicted octanol–water partition coefficient (Wildman–Crippen LogP) is 1.05. The fraction of sp³-hybridized carbons (Fsp3) is 0.364. The van der Waals surface area contributed by atoms with E-state index in [1.807, 2.05) is 31.2 Å². The number of hydrogen-bond acceptors (Lipinski definition) is 2. The first kappa shape index (κ1) is 9.06. The van der Waals surface area contributed by atoms with E-state index in [1.165, 1.54) is 0 Å². The summed E-state index contributed by atoms with van der Waals surface area (Å²) < 4.78 is 0. The van der Waals surface area contributed by atoms with Crippen LogP contribution in [-0.4, -0.2) is 12.5 Å². The van der Waals surface area contributed by atoms with Crippen molar-refractivity contribution < 1.29 is 4.79 Å². The molecule has 3 N–H and O–H groups in total. The van der Waals surface area contributed by atoms with Crippen LogP contribution in [-0.2, 0) is 10.2 Å². The van der Waals surface area contributed by atoms with Crippen LogP contribution in [0.25, 0.3) is 0 Å². The maximum absolute atomic E-state index is 11.6. The zero-order valence-corrected chi connectivity index (χ0v) is 8.21. The van der Waals surface area contributed by atoms with Gasteiger partial charge in [-0.3, -0.25) is 4.79 Å². The van der Waals surface area contributed by atoms with Gasteiger partial charge >= 0.3 is 0 Å². The van der Waals surface area contributed by atoms with Crippen LogP contribution in [0.2, 0.25) is 0 Å². The van der Waals surface area contributed by atoms with E-state index in [0.717, 1.165) is 24.2 Å². The molecule has 3 heteroatoms. The van der Waals surface area contributed by atoms with Gasteiger partial charge in [-0.05, 0) is 31.0 Å². The van der Waals surface area contributed by atoms with Gasteiger partial charge in [0, 0.05) is 12.2 Å². The SMILES string of the molecule is CC1(c2ccc(N)cc2)CCNC1=O. The molecule has 2 rings (SSSR count). The topological polar surface area (TPSA) is 55.1 Å². The van der Waals surface area contributed by atoms with Gasteiger partial charge in [0.05, 0.1) is 5.41 Å². The van der Waals surface area contributed by atoms with Crippen molar-refractivity contribution in [3.8, 4) is 0 Å². The summed E-state index contributed by atoms with van der Waals surface area (Å²) >= 11 is 0. The number of nitrogen functional groups attached to an aromatic ring is 1. The second-order valence-electron chi connectivity index (χ2n) is 3.96. The largest absolute Gasteiger partial charge is 0.399 e. The van der Waals surface area contributed by atoms with Gasteiger partial charge in [-0.2, -0.15) is 0 Å². The van der Waals surface area contributed by atoms with Crippen LogP contribution in [0.1, 0.15) is 18.9 Å². The standard InChI is InChI=1S/C11H14N2O/c1-11(6-7-13-10(11)14)8-2-4-9(12)5-3-8/h2-5H,6-7,12H2,1H3,(H,13,14). The molecule has 0 spiro atoms. The van der Waals surface area contributed by atoms with E-state index < -0.39 is 0 Å². The summed E-state index contributed by atoms with van der Waals surface area (Å²) in [5.74, 6) is 0.113. The monoisotopic (exact) mass is 190 g/mol. The molecule has 1 aliphatic rings. The molecule has 0 saturated carbocycles. The van der Waals surface area contributed by atoms with E-state index in [2.05, 4.69) is 5.32 Å². The summed E-state index contributed by atoms with van der Waals surface area (Å²) in [6.45, 7) is 2.74. The molecule has 1 heterocycles. The first-order valence-electron chi connectivity index (χ1n) is 4.77. The van der Waals surface area contributed by atoms with Crippen LogP contribution >= 0.6 is 0 Å². The van der Waals surface area contributed by atoms with E-state index in [4.69, 9.17) is 5.73 Å². The molecule has 1 aromatic carbocycles.